The Balaban J connectivity index is 1.51. The Morgan fingerprint density at radius 2 is 1.97 bits per heavy atom. The van der Waals surface area contributed by atoms with Gasteiger partial charge in [-0.15, -0.1) is 0 Å². The molecule has 33 heavy (non-hydrogen) atoms. The van der Waals surface area contributed by atoms with Crippen LogP contribution in [0.15, 0.2) is 42.7 Å². The van der Waals surface area contributed by atoms with Crippen LogP contribution in [0.2, 0.25) is 0 Å². The summed E-state index contributed by atoms with van der Waals surface area (Å²) in [5.41, 5.74) is 5.92. The van der Waals surface area contributed by atoms with Gasteiger partial charge in [-0.2, -0.15) is 18.3 Å². The molecule has 0 radical (unpaired) electrons. The lowest BCUT2D eigenvalue weighted by Crippen LogP contribution is -2.16. The van der Waals surface area contributed by atoms with Gasteiger partial charge >= 0.3 is 6.18 Å². The second kappa shape index (κ2) is 8.37. The number of carbonyl (C=O) groups is 1. The number of nitrogens with two attached hydrogens (primary N) is 1. The highest BCUT2D eigenvalue weighted by atomic mass is 19.4. The van der Waals surface area contributed by atoms with E-state index in [0.29, 0.717) is 28.0 Å². The smallest absolute Gasteiger partial charge is 0.421 e. The zero-order valence-corrected chi connectivity index (χ0v) is 17.0. The average Bonchev–Trinajstić information content (AvgIpc) is 3.13. The number of methoxy groups -OCH3 is 1. The summed E-state index contributed by atoms with van der Waals surface area (Å²) < 4.78 is 58.7. The van der Waals surface area contributed by atoms with Gasteiger partial charge in [0.25, 0.3) is 0 Å². The molecule has 0 aliphatic rings. The van der Waals surface area contributed by atoms with Crippen molar-refractivity contribution < 1.29 is 27.1 Å². The zero-order chi connectivity index (χ0) is 23.8. The molecule has 170 valence electrons. The fourth-order valence-electron chi connectivity index (χ4n) is 3.25. The van der Waals surface area contributed by atoms with Crippen LogP contribution in [0.4, 0.5) is 29.1 Å². The first-order valence-electron chi connectivity index (χ1n) is 9.45. The highest BCUT2D eigenvalue weighted by molar-refractivity contribution is 5.92. The molecule has 1 aromatic carbocycles. The molecule has 4 N–H and O–H groups in total. The summed E-state index contributed by atoms with van der Waals surface area (Å²) in [7, 11) is 1.06. The highest BCUT2D eigenvalue weighted by Gasteiger charge is 2.35. The van der Waals surface area contributed by atoms with Crippen LogP contribution < -0.4 is 15.8 Å². The number of benzene rings is 1. The SMILES string of the molecule is COc1ncc(NC(=O)Cc2ccc(-c3cnc4n[nH]c(N)c4c3)c(F)c2)cc1C(F)(F)F. The molecule has 3 heterocycles. The second-order valence-electron chi connectivity index (χ2n) is 7.05. The van der Waals surface area contributed by atoms with E-state index in [1.807, 2.05) is 0 Å². The molecule has 0 atom stereocenters. The van der Waals surface area contributed by atoms with E-state index in [1.54, 1.807) is 6.07 Å². The third-order valence-electron chi connectivity index (χ3n) is 4.78. The van der Waals surface area contributed by atoms with Gasteiger partial charge in [-0.05, 0) is 23.8 Å². The Morgan fingerprint density at radius 3 is 2.67 bits per heavy atom. The first-order chi connectivity index (χ1) is 15.7. The number of halogens is 4. The van der Waals surface area contributed by atoms with Gasteiger partial charge in [-0.25, -0.2) is 14.4 Å². The van der Waals surface area contributed by atoms with Gasteiger partial charge in [0.2, 0.25) is 11.8 Å². The molecule has 0 aliphatic heterocycles. The number of nitrogens with one attached hydrogen (secondary N) is 2. The molecule has 3 aromatic heterocycles. The number of nitrogen functional groups attached to an aromatic ring is 1. The summed E-state index contributed by atoms with van der Waals surface area (Å²) in [6, 6.07) is 6.55. The van der Waals surface area contributed by atoms with Gasteiger partial charge in [-0.3, -0.25) is 9.89 Å². The van der Waals surface area contributed by atoms with Crippen molar-refractivity contribution in [1.82, 2.24) is 20.2 Å². The van der Waals surface area contributed by atoms with Crippen molar-refractivity contribution in [1.29, 1.82) is 0 Å². The number of nitrogens with zero attached hydrogens (tertiary/aromatic N) is 3. The maximum absolute atomic E-state index is 14.7. The minimum absolute atomic E-state index is 0.165. The molecule has 0 saturated carbocycles. The van der Waals surface area contributed by atoms with E-state index in [9.17, 15) is 22.4 Å². The van der Waals surface area contributed by atoms with Crippen molar-refractivity contribution in [3.05, 3.63) is 59.7 Å². The number of amides is 1. The highest BCUT2D eigenvalue weighted by Crippen LogP contribution is 2.36. The van der Waals surface area contributed by atoms with Crippen LogP contribution >= 0.6 is 0 Å². The quantitative estimate of drug-likeness (QED) is 0.388. The van der Waals surface area contributed by atoms with E-state index < -0.39 is 29.3 Å². The number of hydrogen-bond donors (Lipinski definition) is 3. The maximum Gasteiger partial charge on any atom is 0.421 e. The summed E-state index contributed by atoms with van der Waals surface area (Å²) >= 11 is 0. The molecule has 0 bridgehead atoms. The van der Waals surface area contributed by atoms with Crippen molar-refractivity contribution in [2.45, 2.75) is 12.6 Å². The van der Waals surface area contributed by atoms with Crippen LogP contribution in [-0.4, -0.2) is 33.2 Å². The molecular formula is C21H16F4N6O2. The number of alkyl halides is 3. The lowest BCUT2D eigenvalue weighted by molar-refractivity contribution is -0.139. The van der Waals surface area contributed by atoms with Crippen molar-refractivity contribution >= 4 is 28.4 Å². The fourth-order valence-corrected chi connectivity index (χ4v) is 3.25. The normalized spacial score (nSPS) is 11.5. The summed E-state index contributed by atoms with van der Waals surface area (Å²) in [5.74, 6) is -1.55. The summed E-state index contributed by atoms with van der Waals surface area (Å²) in [6.45, 7) is 0. The largest absolute Gasteiger partial charge is 0.481 e. The molecule has 8 nitrogen and oxygen atoms in total. The van der Waals surface area contributed by atoms with Gasteiger partial charge in [0, 0.05) is 17.3 Å². The third kappa shape index (κ3) is 4.54. The molecule has 0 spiro atoms. The Bertz CT molecular complexity index is 1350. The van der Waals surface area contributed by atoms with Crippen molar-refractivity contribution in [2.75, 3.05) is 18.2 Å². The minimum atomic E-state index is -4.71. The van der Waals surface area contributed by atoms with Crippen LogP contribution in [0.5, 0.6) is 5.88 Å². The van der Waals surface area contributed by atoms with Gasteiger partial charge in [0.05, 0.1) is 30.8 Å². The summed E-state index contributed by atoms with van der Waals surface area (Å²) in [4.78, 5) is 20.0. The first kappa shape index (κ1) is 22.0. The van der Waals surface area contributed by atoms with E-state index in [2.05, 4.69) is 30.2 Å². The fraction of sp³-hybridized carbons (Fsp3) is 0.143. The number of pyridine rings is 2. The third-order valence-corrected chi connectivity index (χ3v) is 4.78. The number of carbonyl (C=O) groups excluding carboxylic acids is 1. The standard InChI is InChI=1S/C21H16F4N6O2/c1-33-20-15(21(23,24)25)7-12(9-28-20)29-17(32)5-10-2-3-13(16(22)4-10)11-6-14-18(26)30-31-19(14)27-8-11/h2-4,6-9H,5H2,1H3,(H,29,32)(H3,26,27,30,31). The molecule has 4 rings (SSSR count). The molecule has 4 aromatic rings. The Labute approximate surface area is 183 Å². The summed E-state index contributed by atoms with van der Waals surface area (Å²) in [6.07, 6.45) is -2.49. The monoisotopic (exact) mass is 460 g/mol. The molecular weight excluding hydrogens is 444 g/mol. The molecule has 12 heteroatoms. The van der Waals surface area contributed by atoms with Crippen molar-refractivity contribution in [3.8, 4) is 17.0 Å². The van der Waals surface area contributed by atoms with Gasteiger partial charge in [0.1, 0.15) is 17.2 Å². The van der Waals surface area contributed by atoms with E-state index in [-0.39, 0.29) is 17.7 Å². The average molecular weight is 460 g/mol. The van der Waals surface area contributed by atoms with Crippen LogP contribution in [0.1, 0.15) is 11.1 Å². The Hall–Kier alpha value is -4.22. The number of ether oxygens (including phenoxy) is 1. The van der Waals surface area contributed by atoms with Crippen LogP contribution in [0, 0.1) is 5.82 Å². The molecule has 0 saturated heterocycles. The van der Waals surface area contributed by atoms with Crippen molar-refractivity contribution in [2.24, 2.45) is 0 Å². The second-order valence-corrected chi connectivity index (χ2v) is 7.05. The molecule has 0 unspecified atom stereocenters. The molecule has 0 aliphatic carbocycles. The van der Waals surface area contributed by atoms with Gasteiger partial charge < -0.3 is 15.8 Å². The van der Waals surface area contributed by atoms with E-state index in [4.69, 9.17) is 5.73 Å². The summed E-state index contributed by atoms with van der Waals surface area (Å²) in [5, 5.41) is 9.38. The number of hydrogen-bond acceptors (Lipinski definition) is 6. The number of H-pyrrole nitrogens is 1. The number of anilines is 2. The zero-order valence-electron chi connectivity index (χ0n) is 17.0. The lowest BCUT2D eigenvalue weighted by atomic mass is 10.0. The molecule has 1 amide bonds. The van der Waals surface area contributed by atoms with Crippen LogP contribution in [0.3, 0.4) is 0 Å². The molecule has 0 fully saturated rings. The Morgan fingerprint density at radius 1 is 1.18 bits per heavy atom. The van der Waals surface area contributed by atoms with Crippen molar-refractivity contribution in [3.63, 3.8) is 0 Å². The van der Waals surface area contributed by atoms with Gasteiger partial charge in [-0.1, -0.05) is 12.1 Å². The van der Waals surface area contributed by atoms with Crippen LogP contribution in [0.25, 0.3) is 22.2 Å². The number of aromatic nitrogens is 4. The lowest BCUT2D eigenvalue weighted by Gasteiger charge is -2.13. The number of aromatic amines is 1. The van der Waals surface area contributed by atoms with E-state index in [1.165, 1.54) is 24.4 Å². The van der Waals surface area contributed by atoms with Gasteiger partial charge in [0.15, 0.2) is 5.65 Å². The van der Waals surface area contributed by atoms with E-state index >= 15 is 0 Å². The maximum atomic E-state index is 14.7. The topological polar surface area (TPSA) is 119 Å². The van der Waals surface area contributed by atoms with E-state index in [0.717, 1.165) is 19.4 Å². The number of fused-ring (bicyclic) bond motifs is 1. The Kier molecular flexibility index (Phi) is 5.58. The number of rotatable bonds is 5. The minimum Gasteiger partial charge on any atom is -0.481 e. The van der Waals surface area contributed by atoms with Crippen LogP contribution in [-0.2, 0) is 17.4 Å². The predicted molar refractivity (Wildman–Crippen MR) is 112 cm³/mol. The first-order valence-corrected chi connectivity index (χ1v) is 9.45. The predicted octanol–water partition coefficient (Wildman–Crippen LogP) is 3.95.